The molecule has 0 unspecified atom stereocenters. The van der Waals surface area contributed by atoms with Gasteiger partial charge in [0.15, 0.2) is 0 Å². The first-order chi connectivity index (χ1) is 7.47. The van der Waals surface area contributed by atoms with E-state index in [0.717, 1.165) is 13.1 Å². The highest BCUT2D eigenvalue weighted by Crippen LogP contribution is 2.12. The number of benzene rings is 1. The second-order valence-electron chi connectivity index (χ2n) is 3.40. The van der Waals surface area contributed by atoms with Crippen LogP contribution in [-0.4, -0.2) is 4.98 Å². The number of hydrogen-bond donors (Lipinski definition) is 1. The van der Waals surface area contributed by atoms with Crippen LogP contribution in [0.4, 0.5) is 0 Å². The molecule has 0 saturated heterocycles. The van der Waals surface area contributed by atoms with Crippen molar-refractivity contribution >= 4 is 0 Å². The minimum Gasteiger partial charge on any atom is -0.309 e. The fourth-order valence-corrected chi connectivity index (χ4v) is 1.55. The lowest BCUT2D eigenvalue weighted by Crippen LogP contribution is -1.99. The Labute approximate surface area is 90.0 Å². The maximum atomic E-state index is 3.78. The van der Waals surface area contributed by atoms with E-state index in [9.17, 15) is 0 Å². The van der Waals surface area contributed by atoms with Crippen molar-refractivity contribution in [3.63, 3.8) is 0 Å². The number of pyridine rings is 1. The molecule has 0 aliphatic carbocycles. The van der Waals surface area contributed by atoms with Crippen molar-refractivity contribution in [1.82, 2.24) is 10.3 Å². The van der Waals surface area contributed by atoms with Gasteiger partial charge in [-0.15, -0.1) is 0 Å². The van der Waals surface area contributed by atoms with E-state index in [0.29, 0.717) is 0 Å². The van der Waals surface area contributed by atoms with Gasteiger partial charge in [0.1, 0.15) is 0 Å². The van der Waals surface area contributed by atoms with Gasteiger partial charge in [-0.1, -0.05) is 30.3 Å². The molecule has 2 nitrogen and oxygen atoms in total. The topological polar surface area (TPSA) is 24.9 Å². The minimum absolute atomic E-state index is 1.05. The van der Waals surface area contributed by atoms with E-state index in [4.69, 9.17) is 0 Å². The quantitative estimate of drug-likeness (QED) is 0.703. The molecular formula is C13H14N2. The average Bonchev–Trinajstić information content (AvgIpc) is 2.80. The molecule has 2 aromatic rings. The second kappa shape index (κ2) is 5.27. The number of nitrogens with one attached hydrogen (secondary N) is 1. The molecule has 2 heterocycles. The molecule has 15 heavy (non-hydrogen) atoms. The van der Waals surface area contributed by atoms with Crippen LogP contribution in [0.5, 0.6) is 0 Å². The van der Waals surface area contributed by atoms with Crippen molar-refractivity contribution in [3.05, 3.63) is 66.0 Å². The highest BCUT2D eigenvalue weighted by molar-refractivity contribution is 5.29. The third-order valence-electron chi connectivity index (χ3n) is 2.32. The first-order valence-corrected chi connectivity index (χ1v) is 5.09. The third kappa shape index (κ3) is 2.89. The molecule has 0 radical (unpaired) electrons. The van der Waals surface area contributed by atoms with Crippen molar-refractivity contribution in [2.45, 2.75) is 13.1 Å². The Morgan fingerprint density at radius 1 is 0.800 bits per heavy atom. The molecule has 0 atom stereocenters. The lowest BCUT2D eigenvalue weighted by atomic mass is 10.1. The molecule has 0 amide bonds. The van der Waals surface area contributed by atoms with Gasteiger partial charge in [-0.3, -0.25) is 4.98 Å². The minimum atomic E-state index is 1.05. The number of fused-ring (bicyclic) bond motifs is 1. The molecule has 0 saturated carbocycles. The second-order valence-corrected chi connectivity index (χ2v) is 3.40. The Kier molecular flexibility index (Phi) is 3.47. The molecular weight excluding hydrogens is 184 g/mol. The van der Waals surface area contributed by atoms with E-state index in [-0.39, 0.29) is 0 Å². The van der Waals surface area contributed by atoms with Crippen LogP contribution in [0.15, 0.2) is 54.9 Å². The molecule has 1 aromatic carbocycles. The summed E-state index contributed by atoms with van der Waals surface area (Å²) in [5.41, 5.74) is 2.91. The summed E-state index contributed by atoms with van der Waals surface area (Å²) >= 11 is 0. The predicted molar refractivity (Wildman–Crippen MR) is 61.2 cm³/mol. The molecule has 76 valence electrons. The number of hydrogen-bond acceptors (Lipinski definition) is 2. The first kappa shape index (κ1) is 9.87. The molecule has 3 rings (SSSR count). The fourth-order valence-electron chi connectivity index (χ4n) is 1.55. The van der Waals surface area contributed by atoms with Gasteiger partial charge in [0.2, 0.25) is 0 Å². The van der Waals surface area contributed by atoms with Gasteiger partial charge >= 0.3 is 0 Å². The van der Waals surface area contributed by atoms with Crippen LogP contribution in [-0.2, 0) is 13.1 Å². The Morgan fingerprint density at radius 3 is 1.80 bits per heavy atom. The monoisotopic (exact) mass is 198 g/mol. The zero-order chi connectivity index (χ0) is 10.3. The Balaban J connectivity index is 0.000000124. The highest BCUT2D eigenvalue weighted by Gasteiger charge is 2.06. The maximum Gasteiger partial charge on any atom is 0.0267 e. The summed E-state index contributed by atoms with van der Waals surface area (Å²) in [6.45, 7) is 2.10. The maximum absolute atomic E-state index is 3.78. The van der Waals surface area contributed by atoms with Crippen molar-refractivity contribution in [2.24, 2.45) is 0 Å². The normalized spacial score (nSPS) is 12.5. The van der Waals surface area contributed by atoms with Crippen molar-refractivity contribution in [1.29, 1.82) is 0 Å². The number of rotatable bonds is 0. The summed E-state index contributed by atoms with van der Waals surface area (Å²) in [7, 11) is 0. The summed E-state index contributed by atoms with van der Waals surface area (Å²) in [5.74, 6) is 0. The lowest BCUT2D eigenvalue weighted by Gasteiger charge is -1.91. The molecule has 1 N–H and O–H groups in total. The first-order valence-electron chi connectivity index (χ1n) is 5.09. The molecule has 0 spiro atoms. The van der Waals surface area contributed by atoms with E-state index < -0.39 is 0 Å². The summed E-state index contributed by atoms with van der Waals surface area (Å²) < 4.78 is 0. The molecule has 2 heteroatoms. The van der Waals surface area contributed by atoms with Gasteiger partial charge in [-0.05, 0) is 23.3 Å². The SMILES string of the molecule is c1ccc2c(c1)CNC2.c1ccncc1. The fraction of sp³-hybridized carbons (Fsp3) is 0.154. The zero-order valence-corrected chi connectivity index (χ0v) is 8.56. The molecule has 1 aromatic heterocycles. The van der Waals surface area contributed by atoms with Crippen LogP contribution in [0.2, 0.25) is 0 Å². The van der Waals surface area contributed by atoms with E-state index in [2.05, 4.69) is 34.6 Å². The van der Waals surface area contributed by atoms with Gasteiger partial charge in [-0.2, -0.15) is 0 Å². The standard InChI is InChI=1S/C8H9N.C5H5N/c1-2-4-8-6-9-5-7(8)3-1;1-2-4-6-5-3-1/h1-4,9H,5-6H2;1-5H. The van der Waals surface area contributed by atoms with E-state index in [1.54, 1.807) is 12.4 Å². The number of aromatic nitrogens is 1. The summed E-state index contributed by atoms with van der Waals surface area (Å²) in [4.78, 5) is 3.78. The summed E-state index contributed by atoms with van der Waals surface area (Å²) in [5, 5.41) is 3.29. The van der Waals surface area contributed by atoms with Gasteiger partial charge in [0.05, 0.1) is 0 Å². The largest absolute Gasteiger partial charge is 0.309 e. The van der Waals surface area contributed by atoms with Crippen molar-refractivity contribution in [2.75, 3.05) is 0 Å². The van der Waals surface area contributed by atoms with Crippen LogP contribution in [0, 0.1) is 0 Å². The van der Waals surface area contributed by atoms with E-state index >= 15 is 0 Å². The smallest absolute Gasteiger partial charge is 0.0267 e. The van der Waals surface area contributed by atoms with Crippen LogP contribution >= 0.6 is 0 Å². The van der Waals surface area contributed by atoms with Gasteiger partial charge in [0.25, 0.3) is 0 Å². The van der Waals surface area contributed by atoms with Crippen LogP contribution in [0.25, 0.3) is 0 Å². The molecule has 0 bridgehead atoms. The van der Waals surface area contributed by atoms with E-state index in [1.807, 2.05) is 18.2 Å². The summed E-state index contributed by atoms with van der Waals surface area (Å²) in [6, 6.07) is 14.2. The molecule has 1 aliphatic rings. The predicted octanol–water partition coefficient (Wildman–Crippen LogP) is 2.37. The molecule has 1 aliphatic heterocycles. The highest BCUT2D eigenvalue weighted by atomic mass is 14.9. The van der Waals surface area contributed by atoms with Gasteiger partial charge < -0.3 is 5.32 Å². The van der Waals surface area contributed by atoms with Crippen molar-refractivity contribution < 1.29 is 0 Å². The van der Waals surface area contributed by atoms with Gasteiger partial charge in [-0.25, -0.2) is 0 Å². The average molecular weight is 198 g/mol. The van der Waals surface area contributed by atoms with Crippen molar-refractivity contribution in [3.8, 4) is 0 Å². The lowest BCUT2D eigenvalue weighted by molar-refractivity contribution is 0.765. The zero-order valence-electron chi connectivity index (χ0n) is 8.56. The van der Waals surface area contributed by atoms with E-state index in [1.165, 1.54) is 11.1 Å². The Morgan fingerprint density at radius 2 is 1.40 bits per heavy atom. The van der Waals surface area contributed by atoms with Crippen LogP contribution in [0.3, 0.4) is 0 Å². The Hall–Kier alpha value is -1.67. The van der Waals surface area contributed by atoms with Gasteiger partial charge in [0, 0.05) is 25.5 Å². The van der Waals surface area contributed by atoms with Crippen LogP contribution in [0.1, 0.15) is 11.1 Å². The summed E-state index contributed by atoms with van der Waals surface area (Å²) in [6.07, 6.45) is 3.50. The Bertz CT molecular complexity index is 349. The number of nitrogens with zero attached hydrogens (tertiary/aromatic N) is 1. The third-order valence-corrected chi connectivity index (χ3v) is 2.32. The molecule has 0 fully saturated rings. The van der Waals surface area contributed by atoms with Crippen LogP contribution < -0.4 is 5.32 Å².